The monoisotopic (exact) mass is 316 g/mol. The molecule has 0 saturated heterocycles. The molecule has 4 rings (SSSR count). The van der Waals surface area contributed by atoms with E-state index in [4.69, 9.17) is 0 Å². The van der Waals surface area contributed by atoms with E-state index in [1.165, 1.54) is 44.1 Å². The molecule has 0 spiro atoms. The zero-order chi connectivity index (χ0) is 16.4. The van der Waals surface area contributed by atoms with Crippen LogP contribution < -0.4 is 0 Å². The second-order valence-corrected chi connectivity index (χ2v) is 9.07. The van der Waals surface area contributed by atoms with Gasteiger partial charge >= 0.3 is 0 Å². The molecule has 0 aliphatic heterocycles. The zero-order valence-electron chi connectivity index (χ0n) is 14.9. The summed E-state index contributed by atoms with van der Waals surface area (Å²) < 4.78 is 0. The van der Waals surface area contributed by atoms with E-state index in [9.17, 15) is 10.2 Å². The smallest absolute Gasteiger partial charge is 0.140 e. The molecule has 0 bridgehead atoms. The summed E-state index contributed by atoms with van der Waals surface area (Å²) in [4.78, 5) is 0. The van der Waals surface area contributed by atoms with Crippen LogP contribution in [-0.2, 0) is 0 Å². The number of hydrogen-bond acceptors (Lipinski definition) is 2. The van der Waals surface area contributed by atoms with Crippen LogP contribution >= 0.6 is 0 Å². The molecule has 0 radical (unpaired) electrons. The molecule has 4 aliphatic carbocycles. The normalized spacial score (nSPS) is 49.3. The predicted octanol–water partition coefficient (Wildman–Crippen LogP) is 5.91. The molecule has 6 atom stereocenters. The second kappa shape index (κ2) is 5.04. The summed E-state index contributed by atoms with van der Waals surface area (Å²) in [5.74, 6) is 3.45. The van der Waals surface area contributed by atoms with Gasteiger partial charge in [-0.25, -0.2) is 0 Å². The Hall–Kier alpha value is -0.920. The minimum Gasteiger partial charge on any atom is -0.508 e. The van der Waals surface area contributed by atoms with Crippen LogP contribution in [0, 0.1) is 34.5 Å². The van der Waals surface area contributed by atoms with Crippen LogP contribution in [0.1, 0.15) is 72.1 Å². The van der Waals surface area contributed by atoms with Crippen molar-refractivity contribution in [3.63, 3.8) is 0 Å². The molecule has 2 nitrogen and oxygen atoms in total. The van der Waals surface area contributed by atoms with Crippen molar-refractivity contribution in [3.05, 3.63) is 23.2 Å². The Labute approximate surface area is 140 Å². The van der Waals surface area contributed by atoms with Crippen molar-refractivity contribution in [2.75, 3.05) is 0 Å². The maximum atomic E-state index is 10.8. The van der Waals surface area contributed by atoms with Gasteiger partial charge in [0.25, 0.3) is 0 Å². The quantitative estimate of drug-likeness (QED) is 0.590. The second-order valence-electron chi connectivity index (χ2n) is 9.07. The summed E-state index contributed by atoms with van der Waals surface area (Å²) in [6.45, 7) is 7.12. The van der Waals surface area contributed by atoms with E-state index in [0.717, 1.165) is 24.2 Å². The first-order valence-corrected chi connectivity index (χ1v) is 9.74. The lowest BCUT2D eigenvalue weighted by molar-refractivity contribution is -0.0492. The Balaban J connectivity index is 1.72. The maximum Gasteiger partial charge on any atom is 0.140 e. The third-order valence-electron chi connectivity index (χ3n) is 8.59. The highest BCUT2D eigenvalue weighted by Crippen LogP contribution is 2.67. The lowest BCUT2D eigenvalue weighted by atomic mass is 9.47. The number of aliphatic hydroxyl groups is 2. The fourth-order valence-electron chi connectivity index (χ4n) is 7.26. The van der Waals surface area contributed by atoms with Gasteiger partial charge in [0.2, 0.25) is 0 Å². The minimum atomic E-state index is -0.295. The summed E-state index contributed by atoms with van der Waals surface area (Å²) in [5.41, 5.74) is 1.61. The first kappa shape index (κ1) is 15.6. The topological polar surface area (TPSA) is 40.5 Å². The lowest BCUT2D eigenvalue weighted by Gasteiger charge is -2.57. The summed E-state index contributed by atoms with van der Waals surface area (Å²) in [6, 6.07) is 0. The van der Waals surface area contributed by atoms with E-state index in [1.807, 2.05) is 0 Å². The van der Waals surface area contributed by atoms with Gasteiger partial charge in [-0.2, -0.15) is 0 Å². The molecule has 3 fully saturated rings. The van der Waals surface area contributed by atoms with Gasteiger partial charge in [0.1, 0.15) is 11.5 Å². The first-order chi connectivity index (χ1) is 10.9. The third kappa shape index (κ3) is 1.87. The van der Waals surface area contributed by atoms with Crippen LogP contribution in [0.25, 0.3) is 0 Å². The number of hydrogen-bond donors (Lipinski definition) is 2. The van der Waals surface area contributed by atoms with Crippen LogP contribution in [0.4, 0.5) is 0 Å². The van der Waals surface area contributed by atoms with Gasteiger partial charge in [-0.3, -0.25) is 0 Å². The van der Waals surface area contributed by atoms with Crippen molar-refractivity contribution in [2.45, 2.75) is 72.1 Å². The van der Waals surface area contributed by atoms with Crippen molar-refractivity contribution >= 4 is 0 Å². The molecule has 4 aliphatic rings. The van der Waals surface area contributed by atoms with Gasteiger partial charge in [-0.05, 0) is 74.5 Å². The van der Waals surface area contributed by atoms with Crippen molar-refractivity contribution in [2.24, 2.45) is 34.5 Å². The molecule has 0 heterocycles. The van der Waals surface area contributed by atoms with E-state index in [-0.39, 0.29) is 11.2 Å². The van der Waals surface area contributed by atoms with Gasteiger partial charge in [0, 0.05) is 6.42 Å². The van der Waals surface area contributed by atoms with Crippen molar-refractivity contribution < 1.29 is 10.2 Å². The van der Waals surface area contributed by atoms with Gasteiger partial charge in [0.05, 0.1) is 5.41 Å². The molecule has 0 amide bonds. The molecule has 0 unspecified atom stereocenters. The number of allylic oxidation sites excluding steroid dienone is 2. The highest BCUT2D eigenvalue weighted by Gasteiger charge is 2.59. The molecular formula is C21H32O2. The predicted molar refractivity (Wildman–Crippen MR) is 93.2 cm³/mol. The molecule has 2 heteroatoms. The summed E-state index contributed by atoms with van der Waals surface area (Å²) >= 11 is 0. The van der Waals surface area contributed by atoms with Crippen LogP contribution in [-0.4, -0.2) is 10.2 Å². The van der Waals surface area contributed by atoms with Crippen LogP contribution in [0.5, 0.6) is 0 Å². The molecule has 0 aromatic rings. The Kier molecular flexibility index (Phi) is 3.42. The van der Waals surface area contributed by atoms with Crippen molar-refractivity contribution in [1.82, 2.24) is 0 Å². The minimum absolute atomic E-state index is 0.211. The van der Waals surface area contributed by atoms with Crippen LogP contribution in [0.3, 0.4) is 0 Å². The van der Waals surface area contributed by atoms with E-state index < -0.39 is 0 Å². The van der Waals surface area contributed by atoms with Crippen LogP contribution in [0.15, 0.2) is 23.2 Å². The Bertz CT molecular complexity index is 574. The zero-order valence-corrected chi connectivity index (χ0v) is 14.9. The van der Waals surface area contributed by atoms with Gasteiger partial charge in [0.15, 0.2) is 0 Å². The molecule has 23 heavy (non-hydrogen) atoms. The average molecular weight is 316 g/mol. The number of rotatable bonds is 1. The highest BCUT2D eigenvalue weighted by atomic mass is 16.3. The standard InChI is InChI=1S/C21H32O2/c1-4-13-6-9-16-15-8-5-14-7-10-18(22)19(23)21(14,3)17(15)11-12-20(13,16)2/h7,13,15-17,22-23H,4-6,8-12H2,1-3H3/t13-,15-,16-,17-,20+,21-/m0/s1. The molecule has 128 valence electrons. The Morgan fingerprint density at radius 3 is 2.61 bits per heavy atom. The molecule has 0 aromatic heterocycles. The Morgan fingerprint density at radius 2 is 1.87 bits per heavy atom. The van der Waals surface area contributed by atoms with E-state index in [1.54, 1.807) is 0 Å². The highest BCUT2D eigenvalue weighted by molar-refractivity contribution is 5.36. The first-order valence-electron chi connectivity index (χ1n) is 9.74. The summed E-state index contributed by atoms with van der Waals surface area (Å²) in [6.07, 6.45) is 11.7. The maximum absolute atomic E-state index is 10.8. The lowest BCUT2D eigenvalue weighted by Crippen LogP contribution is -2.50. The SMILES string of the molecule is CC[C@H]1CC[C@H]2[C@@H]3CCC4=CCC(O)=C(O)[C@]4(C)[C@H]3CC[C@]12C. The van der Waals surface area contributed by atoms with E-state index >= 15 is 0 Å². The average Bonchev–Trinajstić information content (AvgIpc) is 2.88. The Morgan fingerprint density at radius 1 is 1.09 bits per heavy atom. The van der Waals surface area contributed by atoms with Crippen molar-refractivity contribution in [1.29, 1.82) is 0 Å². The number of aliphatic hydroxyl groups excluding tert-OH is 2. The van der Waals surface area contributed by atoms with Gasteiger partial charge in [-0.15, -0.1) is 0 Å². The molecular weight excluding hydrogens is 284 g/mol. The fourth-order valence-corrected chi connectivity index (χ4v) is 7.26. The fraction of sp³-hybridized carbons (Fsp3) is 0.810. The summed E-state index contributed by atoms with van der Waals surface area (Å²) in [7, 11) is 0. The van der Waals surface area contributed by atoms with E-state index in [0.29, 0.717) is 23.5 Å². The number of fused-ring (bicyclic) bond motifs is 5. The summed E-state index contributed by atoms with van der Waals surface area (Å²) in [5, 5.41) is 20.9. The van der Waals surface area contributed by atoms with Crippen LogP contribution in [0.2, 0.25) is 0 Å². The molecule has 0 aromatic carbocycles. The van der Waals surface area contributed by atoms with Crippen molar-refractivity contribution in [3.8, 4) is 0 Å². The molecule has 3 saturated carbocycles. The third-order valence-corrected chi connectivity index (χ3v) is 8.59. The molecule has 2 N–H and O–H groups in total. The van der Waals surface area contributed by atoms with Gasteiger partial charge in [-0.1, -0.05) is 31.9 Å². The van der Waals surface area contributed by atoms with E-state index in [2.05, 4.69) is 26.8 Å². The largest absolute Gasteiger partial charge is 0.508 e. The van der Waals surface area contributed by atoms with Gasteiger partial charge < -0.3 is 10.2 Å².